The van der Waals surface area contributed by atoms with E-state index in [0.717, 1.165) is 23.5 Å². The molecule has 3 N–H and O–H groups in total. The average Bonchev–Trinajstić information content (AvgIpc) is 2.57. The lowest BCUT2D eigenvalue weighted by molar-refractivity contribution is 0.0939. The predicted molar refractivity (Wildman–Crippen MR) is 66.8 cm³/mol. The van der Waals surface area contributed by atoms with Gasteiger partial charge in [0, 0.05) is 12.6 Å². The monoisotopic (exact) mass is 241 g/mol. The number of nitrogens with two attached hydrogens (primary N) is 1. The van der Waals surface area contributed by atoms with Crippen molar-refractivity contribution in [3.05, 3.63) is 15.6 Å². The van der Waals surface area contributed by atoms with Crippen LogP contribution in [0.1, 0.15) is 40.1 Å². The summed E-state index contributed by atoms with van der Waals surface area (Å²) in [5.41, 5.74) is 6.40. The van der Waals surface area contributed by atoms with Crippen LogP contribution in [0.5, 0.6) is 0 Å². The van der Waals surface area contributed by atoms with Crippen LogP contribution in [0.2, 0.25) is 0 Å². The quantitative estimate of drug-likeness (QED) is 0.823. The maximum atomic E-state index is 11.9. The van der Waals surface area contributed by atoms with E-state index in [1.165, 1.54) is 11.3 Å². The summed E-state index contributed by atoms with van der Waals surface area (Å²) in [5, 5.41) is 3.86. The fourth-order valence-electron chi connectivity index (χ4n) is 1.59. The summed E-state index contributed by atoms with van der Waals surface area (Å²) < 4.78 is 0. The molecule has 1 heterocycles. The Morgan fingerprint density at radius 2 is 2.25 bits per heavy atom. The molecule has 90 valence electrons. The van der Waals surface area contributed by atoms with Gasteiger partial charge in [-0.3, -0.25) is 4.79 Å². The molecule has 0 saturated heterocycles. The van der Waals surface area contributed by atoms with Crippen LogP contribution in [0, 0.1) is 13.8 Å². The Bertz CT molecular complexity index is 362. The molecule has 1 rings (SSSR count). The molecule has 5 heteroatoms. The Morgan fingerprint density at radius 3 is 2.69 bits per heavy atom. The predicted octanol–water partition coefficient (Wildman–Crippen LogP) is 1.62. The van der Waals surface area contributed by atoms with Crippen LogP contribution in [0.15, 0.2) is 0 Å². The van der Waals surface area contributed by atoms with Crippen LogP contribution in [-0.4, -0.2) is 23.5 Å². The number of nitrogens with zero attached hydrogens (tertiary/aromatic N) is 1. The van der Waals surface area contributed by atoms with Gasteiger partial charge in [-0.15, -0.1) is 11.3 Å². The summed E-state index contributed by atoms with van der Waals surface area (Å²) in [5.74, 6) is -0.0491. The summed E-state index contributed by atoms with van der Waals surface area (Å²) in [4.78, 5) is 16.9. The van der Waals surface area contributed by atoms with Crippen molar-refractivity contribution in [2.45, 2.75) is 39.7 Å². The van der Waals surface area contributed by atoms with Crippen LogP contribution in [0.3, 0.4) is 0 Å². The van der Waals surface area contributed by atoms with Gasteiger partial charge in [0.25, 0.3) is 5.91 Å². The number of hydrogen-bond donors (Lipinski definition) is 2. The zero-order valence-electron chi connectivity index (χ0n) is 10.0. The molecule has 0 bridgehead atoms. The van der Waals surface area contributed by atoms with E-state index in [-0.39, 0.29) is 11.9 Å². The van der Waals surface area contributed by atoms with Crippen molar-refractivity contribution < 1.29 is 4.79 Å². The molecule has 1 aromatic heterocycles. The Balaban J connectivity index is 2.67. The van der Waals surface area contributed by atoms with Crippen LogP contribution in [0.25, 0.3) is 0 Å². The zero-order valence-corrected chi connectivity index (χ0v) is 10.9. The first-order valence-corrected chi connectivity index (χ1v) is 6.35. The number of aryl methyl sites for hydroxylation is 2. The van der Waals surface area contributed by atoms with Gasteiger partial charge in [0.2, 0.25) is 0 Å². The third-order valence-electron chi connectivity index (χ3n) is 2.37. The lowest BCUT2D eigenvalue weighted by Crippen LogP contribution is -2.40. The second-order valence-corrected chi connectivity index (χ2v) is 5.05. The Labute approximate surface area is 100 Å². The molecule has 1 atom stereocenters. The maximum Gasteiger partial charge on any atom is 0.263 e. The van der Waals surface area contributed by atoms with Crippen LogP contribution < -0.4 is 11.1 Å². The smallest absolute Gasteiger partial charge is 0.263 e. The lowest BCUT2D eigenvalue weighted by atomic mass is 10.1. The molecule has 16 heavy (non-hydrogen) atoms. The number of carbonyl (C=O) groups excluding carboxylic acids is 1. The first-order valence-electron chi connectivity index (χ1n) is 5.53. The van der Waals surface area contributed by atoms with Crippen LogP contribution in [-0.2, 0) is 0 Å². The highest BCUT2D eigenvalue weighted by Gasteiger charge is 2.16. The molecule has 1 unspecified atom stereocenters. The van der Waals surface area contributed by atoms with E-state index < -0.39 is 0 Å². The SMILES string of the molecule is CCCC(CN)NC(=O)c1sc(C)nc1C. The van der Waals surface area contributed by atoms with Gasteiger partial charge in [-0.2, -0.15) is 0 Å². The van der Waals surface area contributed by atoms with Gasteiger partial charge >= 0.3 is 0 Å². The fourth-order valence-corrected chi connectivity index (χ4v) is 2.41. The van der Waals surface area contributed by atoms with Crippen molar-refractivity contribution in [2.24, 2.45) is 5.73 Å². The summed E-state index contributed by atoms with van der Waals surface area (Å²) in [7, 11) is 0. The maximum absolute atomic E-state index is 11.9. The molecule has 1 aromatic rings. The lowest BCUT2D eigenvalue weighted by Gasteiger charge is -2.15. The minimum absolute atomic E-state index is 0.0491. The molecule has 0 aliphatic heterocycles. The van der Waals surface area contributed by atoms with E-state index >= 15 is 0 Å². The largest absolute Gasteiger partial charge is 0.347 e. The van der Waals surface area contributed by atoms with Crippen molar-refractivity contribution >= 4 is 17.2 Å². The van der Waals surface area contributed by atoms with E-state index in [2.05, 4.69) is 17.2 Å². The molecule has 0 fully saturated rings. The second-order valence-electron chi connectivity index (χ2n) is 3.84. The number of thiazole rings is 1. The van der Waals surface area contributed by atoms with Gasteiger partial charge in [-0.05, 0) is 20.3 Å². The van der Waals surface area contributed by atoms with E-state index in [0.29, 0.717) is 11.4 Å². The topological polar surface area (TPSA) is 68.0 Å². The molecule has 4 nitrogen and oxygen atoms in total. The number of amides is 1. The summed E-state index contributed by atoms with van der Waals surface area (Å²) >= 11 is 1.43. The highest BCUT2D eigenvalue weighted by atomic mass is 32.1. The minimum Gasteiger partial charge on any atom is -0.347 e. The van der Waals surface area contributed by atoms with E-state index in [9.17, 15) is 4.79 Å². The normalized spacial score (nSPS) is 12.5. The van der Waals surface area contributed by atoms with Crippen molar-refractivity contribution in [1.29, 1.82) is 0 Å². The molecule has 0 aliphatic carbocycles. The van der Waals surface area contributed by atoms with Gasteiger partial charge in [-0.25, -0.2) is 4.98 Å². The fraction of sp³-hybridized carbons (Fsp3) is 0.636. The summed E-state index contributed by atoms with van der Waals surface area (Å²) in [6.07, 6.45) is 1.93. The zero-order chi connectivity index (χ0) is 12.1. The van der Waals surface area contributed by atoms with E-state index in [4.69, 9.17) is 5.73 Å². The van der Waals surface area contributed by atoms with Crippen molar-refractivity contribution in [2.75, 3.05) is 6.54 Å². The van der Waals surface area contributed by atoms with Crippen molar-refractivity contribution in [3.8, 4) is 0 Å². The Morgan fingerprint density at radius 1 is 1.56 bits per heavy atom. The van der Waals surface area contributed by atoms with Gasteiger partial charge in [0.05, 0.1) is 10.7 Å². The van der Waals surface area contributed by atoms with Gasteiger partial charge in [-0.1, -0.05) is 13.3 Å². The molecule has 1 amide bonds. The third-order valence-corrected chi connectivity index (χ3v) is 3.44. The molecule has 0 saturated carbocycles. The van der Waals surface area contributed by atoms with Gasteiger partial charge in [0.15, 0.2) is 0 Å². The van der Waals surface area contributed by atoms with Gasteiger partial charge < -0.3 is 11.1 Å². The van der Waals surface area contributed by atoms with Gasteiger partial charge in [0.1, 0.15) is 4.88 Å². The Kier molecular flexibility index (Phi) is 4.89. The first kappa shape index (κ1) is 13.1. The number of carbonyl (C=O) groups is 1. The molecular weight excluding hydrogens is 222 g/mol. The van der Waals surface area contributed by atoms with Crippen molar-refractivity contribution in [3.63, 3.8) is 0 Å². The second kappa shape index (κ2) is 5.96. The van der Waals surface area contributed by atoms with E-state index in [1.807, 2.05) is 13.8 Å². The highest BCUT2D eigenvalue weighted by Crippen LogP contribution is 2.17. The third kappa shape index (κ3) is 3.28. The van der Waals surface area contributed by atoms with Crippen molar-refractivity contribution in [1.82, 2.24) is 10.3 Å². The number of hydrogen-bond acceptors (Lipinski definition) is 4. The highest BCUT2D eigenvalue weighted by molar-refractivity contribution is 7.13. The summed E-state index contributed by atoms with van der Waals surface area (Å²) in [6.45, 7) is 6.32. The van der Waals surface area contributed by atoms with Crippen LogP contribution in [0.4, 0.5) is 0 Å². The average molecular weight is 241 g/mol. The minimum atomic E-state index is -0.0491. The number of rotatable bonds is 5. The molecule has 0 aliphatic rings. The van der Waals surface area contributed by atoms with Crippen LogP contribution >= 0.6 is 11.3 Å². The molecular formula is C11H19N3OS. The summed E-state index contributed by atoms with van der Waals surface area (Å²) in [6, 6.07) is 0.0688. The number of nitrogens with one attached hydrogen (secondary N) is 1. The molecule has 0 radical (unpaired) electrons. The standard InChI is InChI=1S/C11H19N3OS/c1-4-5-9(6-12)14-11(15)10-7(2)13-8(3)16-10/h9H,4-6,12H2,1-3H3,(H,14,15). The Hall–Kier alpha value is -0.940. The molecule has 0 aromatic carbocycles. The first-order chi connectivity index (χ1) is 7.58. The number of aromatic nitrogens is 1. The van der Waals surface area contributed by atoms with E-state index in [1.54, 1.807) is 0 Å². The molecule has 0 spiro atoms.